The van der Waals surface area contributed by atoms with Crippen LogP contribution in [0.5, 0.6) is 0 Å². The molecule has 27 heavy (non-hydrogen) atoms. The third-order valence-electron chi connectivity index (χ3n) is 3.99. The number of morpholine rings is 1. The van der Waals surface area contributed by atoms with Crippen LogP contribution in [0.4, 0.5) is 13.2 Å². The molecule has 1 unspecified atom stereocenters. The highest BCUT2D eigenvalue weighted by Gasteiger charge is 2.32. The number of aliphatic imine (C=N–C) groups is 1. The lowest BCUT2D eigenvalue weighted by atomic mass is 10.0. The van der Waals surface area contributed by atoms with Crippen LogP contribution in [-0.4, -0.2) is 56.9 Å². The van der Waals surface area contributed by atoms with Crippen molar-refractivity contribution in [2.45, 2.75) is 26.1 Å². The molecule has 154 valence electrons. The molecule has 5 nitrogen and oxygen atoms in total. The summed E-state index contributed by atoms with van der Waals surface area (Å²) in [5.41, 5.74) is -0.136. The molecular formula is C18H27F3IN3O2. The number of hydrogen-bond donors (Lipinski definition) is 1. The van der Waals surface area contributed by atoms with Gasteiger partial charge < -0.3 is 19.7 Å². The Morgan fingerprint density at radius 3 is 2.81 bits per heavy atom. The topological polar surface area (TPSA) is 46.1 Å². The Morgan fingerprint density at radius 2 is 2.15 bits per heavy atom. The monoisotopic (exact) mass is 501 g/mol. The Labute approximate surface area is 175 Å². The molecule has 0 spiro atoms. The lowest BCUT2D eigenvalue weighted by molar-refractivity contribution is -0.137. The molecular weight excluding hydrogens is 474 g/mol. The number of ether oxygens (including phenoxy) is 2. The number of nitrogens with one attached hydrogen (secondary N) is 1. The van der Waals surface area contributed by atoms with Gasteiger partial charge in [0.25, 0.3) is 0 Å². The maximum Gasteiger partial charge on any atom is 0.416 e. The number of guanidine groups is 1. The van der Waals surface area contributed by atoms with Crippen LogP contribution in [0.25, 0.3) is 0 Å². The first-order chi connectivity index (χ1) is 12.5. The molecule has 0 saturated carbocycles. The van der Waals surface area contributed by atoms with Gasteiger partial charge in [0.05, 0.1) is 31.9 Å². The second-order valence-corrected chi connectivity index (χ2v) is 5.86. The van der Waals surface area contributed by atoms with Crippen LogP contribution in [0.3, 0.4) is 0 Å². The first-order valence-electron chi connectivity index (χ1n) is 8.85. The predicted molar refractivity (Wildman–Crippen MR) is 110 cm³/mol. The standard InChI is InChI=1S/C18H26F3N3O2.HI/c1-3-22-17(23-8-10-25-4-2)24-9-11-26-16(13-24)14-6-5-7-15(12-14)18(19,20)21;/h5-7,12,16H,3-4,8-11,13H2,1-2H3,(H,22,23);1H. The van der Waals surface area contributed by atoms with E-state index in [1.165, 1.54) is 6.07 Å². The van der Waals surface area contributed by atoms with Crippen molar-refractivity contribution < 1.29 is 22.6 Å². The molecule has 9 heteroatoms. The predicted octanol–water partition coefficient (Wildman–Crippen LogP) is 3.70. The molecule has 1 aromatic carbocycles. The molecule has 1 N–H and O–H groups in total. The molecule has 0 aromatic heterocycles. The van der Waals surface area contributed by atoms with Crippen LogP contribution >= 0.6 is 24.0 Å². The fraction of sp³-hybridized carbons (Fsp3) is 0.611. The zero-order chi connectivity index (χ0) is 19.0. The molecule has 1 saturated heterocycles. The average Bonchev–Trinajstić information content (AvgIpc) is 2.64. The van der Waals surface area contributed by atoms with E-state index in [-0.39, 0.29) is 24.0 Å². The molecule has 1 aromatic rings. The van der Waals surface area contributed by atoms with E-state index in [1.807, 2.05) is 18.7 Å². The van der Waals surface area contributed by atoms with E-state index in [0.717, 1.165) is 18.1 Å². The lowest BCUT2D eigenvalue weighted by Gasteiger charge is -2.35. The summed E-state index contributed by atoms with van der Waals surface area (Å²) in [6, 6.07) is 5.32. The van der Waals surface area contributed by atoms with Crippen LogP contribution in [0.2, 0.25) is 0 Å². The number of benzene rings is 1. The Bertz CT molecular complexity index is 599. The van der Waals surface area contributed by atoms with Crippen molar-refractivity contribution in [2.24, 2.45) is 4.99 Å². The summed E-state index contributed by atoms with van der Waals surface area (Å²) in [6.45, 7) is 7.82. The second-order valence-electron chi connectivity index (χ2n) is 5.86. The van der Waals surface area contributed by atoms with Gasteiger partial charge in [0.2, 0.25) is 0 Å². The van der Waals surface area contributed by atoms with Crippen LogP contribution in [0.15, 0.2) is 29.3 Å². The number of halogens is 4. The summed E-state index contributed by atoms with van der Waals surface area (Å²) in [4.78, 5) is 6.55. The average molecular weight is 501 g/mol. The first-order valence-corrected chi connectivity index (χ1v) is 8.85. The first kappa shape index (κ1) is 24.0. The van der Waals surface area contributed by atoms with Crippen LogP contribution in [0, 0.1) is 0 Å². The van der Waals surface area contributed by atoms with Gasteiger partial charge in [0.15, 0.2) is 5.96 Å². The molecule has 0 amide bonds. The van der Waals surface area contributed by atoms with Gasteiger partial charge in [0, 0.05) is 19.7 Å². The van der Waals surface area contributed by atoms with E-state index in [4.69, 9.17) is 9.47 Å². The van der Waals surface area contributed by atoms with E-state index in [9.17, 15) is 13.2 Å². The van der Waals surface area contributed by atoms with Crippen molar-refractivity contribution in [3.8, 4) is 0 Å². The fourth-order valence-corrected chi connectivity index (χ4v) is 2.74. The van der Waals surface area contributed by atoms with Crippen molar-refractivity contribution in [3.63, 3.8) is 0 Å². The van der Waals surface area contributed by atoms with Crippen molar-refractivity contribution >= 4 is 29.9 Å². The number of hydrogen-bond acceptors (Lipinski definition) is 3. The minimum Gasteiger partial charge on any atom is -0.380 e. The zero-order valence-corrected chi connectivity index (χ0v) is 17.9. The lowest BCUT2D eigenvalue weighted by Crippen LogP contribution is -2.48. The Hall–Kier alpha value is -1.07. The highest BCUT2D eigenvalue weighted by atomic mass is 127. The fourth-order valence-electron chi connectivity index (χ4n) is 2.74. The molecule has 1 aliphatic rings. The third kappa shape index (κ3) is 7.46. The van der Waals surface area contributed by atoms with Crippen molar-refractivity contribution in [2.75, 3.05) is 46.0 Å². The Kier molecular flexibility index (Phi) is 10.4. The number of nitrogens with zero attached hydrogens (tertiary/aromatic N) is 2. The summed E-state index contributed by atoms with van der Waals surface area (Å²) in [6.07, 6.45) is -4.79. The minimum absolute atomic E-state index is 0. The zero-order valence-electron chi connectivity index (χ0n) is 15.6. The summed E-state index contributed by atoms with van der Waals surface area (Å²) < 4.78 is 49.9. The van der Waals surface area contributed by atoms with Crippen molar-refractivity contribution in [1.82, 2.24) is 10.2 Å². The third-order valence-corrected chi connectivity index (χ3v) is 3.99. The maximum atomic E-state index is 13.0. The van der Waals surface area contributed by atoms with Gasteiger partial charge >= 0.3 is 6.18 Å². The van der Waals surface area contributed by atoms with Gasteiger partial charge in [-0.15, -0.1) is 24.0 Å². The normalized spacial score (nSPS) is 18.2. The smallest absolute Gasteiger partial charge is 0.380 e. The molecule has 2 rings (SSSR count). The molecule has 0 radical (unpaired) electrons. The van der Waals surface area contributed by atoms with Gasteiger partial charge in [-0.3, -0.25) is 4.99 Å². The largest absolute Gasteiger partial charge is 0.416 e. The molecule has 1 atom stereocenters. The Morgan fingerprint density at radius 1 is 1.37 bits per heavy atom. The van der Waals surface area contributed by atoms with E-state index >= 15 is 0 Å². The van der Waals surface area contributed by atoms with E-state index in [2.05, 4.69) is 10.3 Å². The highest BCUT2D eigenvalue weighted by molar-refractivity contribution is 14.0. The second kappa shape index (κ2) is 11.7. The van der Waals surface area contributed by atoms with Crippen LogP contribution in [0.1, 0.15) is 31.1 Å². The van der Waals surface area contributed by atoms with Gasteiger partial charge in [-0.1, -0.05) is 12.1 Å². The Balaban J connectivity index is 0.00000364. The van der Waals surface area contributed by atoms with Crippen LogP contribution < -0.4 is 5.32 Å². The van der Waals surface area contributed by atoms with E-state index < -0.39 is 17.8 Å². The summed E-state index contributed by atoms with van der Waals surface area (Å²) in [5, 5.41) is 3.22. The van der Waals surface area contributed by atoms with Gasteiger partial charge in [0.1, 0.15) is 6.10 Å². The number of rotatable bonds is 6. The molecule has 0 aliphatic carbocycles. The summed E-state index contributed by atoms with van der Waals surface area (Å²) in [7, 11) is 0. The molecule has 1 fully saturated rings. The molecule has 0 bridgehead atoms. The summed E-state index contributed by atoms with van der Waals surface area (Å²) >= 11 is 0. The number of alkyl halides is 3. The van der Waals surface area contributed by atoms with Gasteiger partial charge in [-0.25, -0.2) is 0 Å². The molecule has 1 aliphatic heterocycles. The molecule has 1 heterocycles. The van der Waals surface area contributed by atoms with Crippen molar-refractivity contribution in [3.05, 3.63) is 35.4 Å². The quantitative estimate of drug-likeness (QED) is 0.280. The summed E-state index contributed by atoms with van der Waals surface area (Å²) in [5.74, 6) is 0.729. The highest BCUT2D eigenvalue weighted by Crippen LogP contribution is 2.32. The minimum atomic E-state index is -4.36. The van der Waals surface area contributed by atoms with Gasteiger partial charge in [-0.2, -0.15) is 13.2 Å². The van der Waals surface area contributed by atoms with E-state index in [0.29, 0.717) is 51.6 Å². The van der Waals surface area contributed by atoms with Crippen molar-refractivity contribution in [1.29, 1.82) is 0 Å². The SMILES string of the molecule is CCNC(=NCCOCC)N1CCOC(c2cccc(C(F)(F)F)c2)C1.I. The van der Waals surface area contributed by atoms with Crippen LogP contribution in [-0.2, 0) is 15.7 Å². The van der Waals surface area contributed by atoms with Gasteiger partial charge in [-0.05, 0) is 31.5 Å². The maximum absolute atomic E-state index is 13.0. The van der Waals surface area contributed by atoms with E-state index in [1.54, 1.807) is 6.07 Å².